The van der Waals surface area contributed by atoms with E-state index in [1.165, 1.54) is 0 Å². The summed E-state index contributed by atoms with van der Waals surface area (Å²) in [7, 11) is 0. The second-order valence-electron chi connectivity index (χ2n) is 1.53. The minimum Gasteiger partial charge on any atom is -0.105 e. The van der Waals surface area contributed by atoms with Crippen LogP contribution in [0.1, 0.15) is 6.92 Å². The largest absolute Gasteiger partial charge is 0.112 e. The summed E-state index contributed by atoms with van der Waals surface area (Å²) < 4.78 is 0. The van der Waals surface area contributed by atoms with E-state index in [0.717, 1.165) is 0 Å². The van der Waals surface area contributed by atoms with Gasteiger partial charge in [0.05, 0.1) is 0 Å². The quantitative estimate of drug-likeness (QED) is 0.594. The SMILES string of the molecule is CC(C(Cl)Cl)C(Cl)Cl. The van der Waals surface area contributed by atoms with Crippen LogP contribution in [0.3, 0.4) is 0 Å². The Hall–Kier alpha value is 1.16. The molecule has 0 atom stereocenters. The third kappa shape index (κ3) is 3.24. The molecule has 0 N–H and O–H groups in total. The molecule has 50 valence electrons. The summed E-state index contributed by atoms with van der Waals surface area (Å²) in [4.78, 5) is -0.954. The molecular weight excluding hydrogens is 190 g/mol. The van der Waals surface area contributed by atoms with Crippen LogP contribution in [0.25, 0.3) is 0 Å². The predicted octanol–water partition coefficient (Wildman–Crippen LogP) is 3.23. The lowest BCUT2D eigenvalue weighted by atomic mass is 10.3. The minimum absolute atomic E-state index is 0.0679. The zero-order valence-electron chi connectivity index (χ0n) is 4.24. The molecule has 4 heteroatoms. The van der Waals surface area contributed by atoms with Gasteiger partial charge in [0.1, 0.15) is 9.67 Å². The molecule has 0 fully saturated rings. The second kappa shape index (κ2) is 4.05. The molecule has 0 rings (SSSR count). The lowest BCUT2D eigenvalue weighted by Crippen LogP contribution is -2.11. The monoisotopic (exact) mass is 194 g/mol. The maximum Gasteiger partial charge on any atom is 0.112 e. The van der Waals surface area contributed by atoms with Crippen LogP contribution in [0, 0.1) is 5.92 Å². The Kier molecular flexibility index (Phi) is 4.64. The average Bonchev–Trinajstić information content (AvgIpc) is 1.64. The van der Waals surface area contributed by atoms with Crippen molar-refractivity contribution in [2.75, 3.05) is 0 Å². The Morgan fingerprint density at radius 3 is 1.12 bits per heavy atom. The van der Waals surface area contributed by atoms with Crippen LogP contribution in [0.4, 0.5) is 0 Å². The molecule has 0 saturated heterocycles. The molecule has 0 unspecified atom stereocenters. The summed E-state index contributed by atoms with van der Waals surface area (Å²) in [5.41, 5.74) is 0. The van der Waals surface area contributed by atoms with Gasteiger partial charge in [-0.1, -0.05) is 6.92 Å². The normalized spacial score (nSPS) is 12.0. The van der Waals surface area contributed by atoms with Crippen molar-refractivity contribution in [3.63, 3.8) is 0 Å². The van der Waals surface area contributed by atoms with E-state index in [1.54, 1.807) is 6.92 Å². The maximum atomic E-state index is 5.42. The predicted molar refractivity (Wildman–Crippen MR) is 40.2 cm³/mol. The van der Waals surface area contributed by atoms with E-state index in [-0.39, 0.29) is 5.92 Å². The fourth-order valence-corrected chi connectivity index (χ4v) is 0.990. The van der Waals surface area contributed by atoms with Gasteiger partial charge in [0.15, 0.2) is 0 Å². The topological polar surface area (TPSA) is 0 Å². The first-order valence-electron chi connectivity index (χ1n) is 2.12. The minimum atomic E-state index is -0.477. The van der Waals surface area contributed by atoms with Crippen LogP contribution in [0.2, 0.25) is 0 Å². The van der Waals surface area contributed by atoms with E-state index in [4.69, 9.17) is 46.4 Å². The molecule has 0 aromatic carbocycles. The van der Waals surface area contributed by atoms with Crippen molar-refractivity contribution in [1.29, 1.82) is 0 Å². The van der Waals surface area contributed by atoms with Gasteiger partial charge in [0, 0.05) is 5.92 Å². The van der Waals surface area contributed by atoms with Crippen LogP contribution in [0.15, 0.2) is 0 Å². The standard InChI is InChI=1S/C4H6Cl4/c1-2(3(5)6)4(7)8/h2-4H,1H3. The van der Waals surface area contributed by atoms with Crippen LogP contribution >= 0.6 is 46.4 Å². The van der Waals surface area contributed by atoms with Crippen molar-refractivity contribution in [3.8, 4) is 0 Å². The molecule has 0 aliphatic rings. The molecule has 0 amide bonds. The van der Waals surface area contributed by atoms with Gasteiger partial charge in [-0.3, -0.25) is 0 Å². The zero-order valence-corrected chi connectivity index (χ0v) is 7.27. The van der Waals surface area contributed by atoms with Crippen molar-refractivity contribution >= 4 is 46.4 Å². The molecule has 0 aromatic rings. The average molecular weight is 196 g/mol. The van der Waals surface area contributed by atoms with Gasteiger partial charge in [-0.2, -0.15) is 0 Å². The highest BCUT2D eigenvalue weighted by Crippen LogP contribution is 2.24. The Bertz CT molecular complexity index is 53.1. The number of hydrogen-bond donors (Lipinski definition) is 0. The molecule has 0 radical (unpaired) electrons. The third-order valence-corrected chi connectivity index (χ3v) is 2.38. The van der Waals surface area contributed by atoms with Gasteiger partial charge < -0.3 is 0 Å². The molecule has 8 heavy (non-hydrogen) atoms. The molecule has 0 saturated carbocycles. The lowest BCUT2D eigenvalue weighted by Gasteiger charge is -2.11. The van der Waals surface area contributed by atoms with E-state index < -0.39 is 9.67 Å². The van der Waals surface area contributed by atoms with Gasteiger partial charge in [0.25, 0.3) is 0 Å². The lowest BCUT2D eigenvalue weighted by molar-refractivity contribution is 0.682. The maximum absolute atomic E-state index is 5.42. The van der Waals surface area contributed by atoms with E-state index in [1.807, 2.05) is 0 Å². The van der Waals surface area contributed by atoms with Crippen LogP contribution in [-0.2, 0) is 0 Å². The van der Waals surface area contributed by atoms with Crippen molar-refractivity contribution < 1.29 is 0 Å². The van der Waals surface area contributed by atoms with Crippen molar-refractivity contribution in [1.82, 2.24) is 0 Å². The van der Waals surface area contributed by atoms with Gasteiger partial charge in [0.2, 0.25) is 0 Å². The molecule has 0 heterocycles. The molecule has 0 aliphatic heterocycles. The van der Waals surface area contributed by atoms with Gasteiger partial charge in [-0.05, 0) is 0 Å². The van der Waals surface area contributed by atoms with Crippen LogP contribution in [-0.4, -0.2) is 9.67 Å². The summed E-state index contributed by atoms with van der Waals surface area (Å²) >= 11 is 21.7. The summed E-state index contributed by atoms with van der Waals surface area (Å²) in [6.07, 6.45) is 0. The summed E-state index contributed by atoms with van der Waals surface area (Å²) in [6.45, 7) is 1.79. The first kappa shape index (κ1) is 9.16. The Labute approximate surface area is 69.0 Å². The van der Waals surface area contributed by atoms with Gasteiger partial charge in [-0.15, -0.1) is 46.4 Å². The fourth-order valence-electron chi connectivity index (χ4n) is 0.110. The van der Waals surface area contributed by atoms with Crippen LogP contribution in [0.5, 0.6) is 0 Å². The highest BCUT2D eigenvalue weighted by Gasteiger charge is 2.17. The van der Waals surface area contributed by atoms with E-state index >= 15 is 0 Å². The number of rotatable bonds is 2. The fraction of sp³-hybridized carbons (Fsp3) is 1.00. The smallest absolute Gasteiger partial charge is 0.105 e. The van der Waals surface area contributed by atoms with E-state index in [2.05, 4.69) is 0 Å². The summed E-state index contributed by atoms with van der Waals surface area (Å²) in [6, 6.07) is 0. The third-order valence-electron chi connectivity index (χ3n) is 0.795. The number of halogens is 4. The van der Waals surface area contributed by atoms with Crippen molar-refractivity contribution in [2.45, 2.75) is 16.6 Å². The summed E-state index contributed by atoms with van der Waals surface area (Å²) in [5.74, 6) is -0.0679. The molecule has 0 bridgehead atoms. The van der Waals surface area contributed by atoms with Crippen molar-refractivity contribution in [2.24, 2.45) is 5.92 Å². The van der Waals surface area contributed by atoms with Gasteiger partial charge in [-0.25, -0.2) is 0 Å². The van der Waals surface area contributed by atoms with Crippen LogP contribution < -0.4 is 0 Å². The first-order valence-corrected chi connectivity index (χ1v) is 3.86. The summed E-state index contributed by atoms with van der Waals surface area (Å²) in [5, 5.41) is 0. The molecule has 0 aromatic heterocycles. The number of hydrogen-bond acceptors (Lipinski definition) is 0. The first-order chi connectivity index (χ1) is 3.55. The Morgan fingerprint density at radius 2 is 1.12 bits per heavy atom. The zero-order chi connectivity index (χ0) is 6.73. The molecule has 0 nitrogen and oxygen atoms in total. The highest BCUT2D eigenvalue weighted by molar-refractivity contribution is 6.48. The second-order valence-corrected chi connectivity index (χ2v) is 3.86. The Balaban J connectivity index is 3.46. The van der Waals surface area contributed by atoms with E-state index in [9.17, 15) is 0 Å². The van der Waals surface area contributed by atoms with E-state index in [0.29, 0.717) is 0 Å². The van der Waals surface area contributed by atoms with Crippen molar-refractivity contribution in [3.05, 3.63) is 0 Å². The molecular formula is C4H6Cl4. The highest BCUT2D eigenvalue weighted by atomic mass is 35.5. The van der Waals surface area contributed by atoms with Gasteiger partial charge >= 0.3 is 0 Å². The Morgan fingerprint density at radius 1 is 0.875 bits per heavy atom. The molecule has 0 spiro atoms. The molecule has 0 aliphatic carbocycles. The number of alkyl halides is 4.